The molecule has 1 N–H and O–H groups in total. The van der Waals surface area contributed by atoms with Crippen LogP contribution in [0.15, 0.2) is 30.3 Å². The molecular formula is C22H28N2O4. The molecule has 2 aromatic carbocycles. The van der Waals surface area contributed by atoms with Crippen LogP contribution in [0.4, 0.5) is 5.69 Å². The van der Waals surface area contributed by atoms with Gasteiger partial charge in [0.15, 0.2) is 11.5 Å². The Hall–Kier alpha value is -3.02. The van der Waals surface area contributed by atoms with E-state index in [1.54, 1.807) is 30.2 Å². The molecule has 150 valence electrons. The summed E-state index contributed by atoms with van der Waals surface area (Å²) >= 11 is 0. The number of hydrogen-bond donors (Lipinski definition) is 1. The minimum absolute atomic E-state index is 0.0598. The van der Waals surface area contributed by atoms with E-state index in [4.69, 9.17) is 9.47 Å². The van der Waals surface area contributed by atoms with Crippen molar-refractivity contribution in [3.8, 4) is 11.5 Å². The smallest absolute Gasteiger partial charge is 0.251 e. The Labute approximate surface area is 166 Å². The highest BCUT2D eigenvalue weighted by atomic mass is 16.5. The SMILES string of the molecule is COc1ccc(C(=O)NCCN(C(C)=O)c2c(C)cc(C)cc2C)cc1OC. The first-order valence-electron chi connectivity index (χ1n) is 9.14. The molecule has 2 amide bonds. The number of hydrogen-bond acceptors (Lipinski definition) is 4. The number of carbonyl (C=O) groups excluding carboxylic acids is 2. The second kappa shape index (κ2) is 9.26. The average molecular weight is 384 g/mol. The molecule has 2 rings (SSSR count). The second-order valence-electron chi connectivity index (χ2n) is 6.74. The highest BCUT2D eigenvalue weighted by molar-refractivity contribution is 5.95. The first-order chi connectivity index (χ1) is 13.3. The third-order valence-corrected chi connectivity index (χ3v) is 4.55. The van der Waals surface area contributed by atoms with Gasteiger partial charge in [0, 0.05) is 31.3 Å². The van der Waals surface area contributed by atoms with Crippen molar-refractivity contribution >= 4 is 17.5 Å². The Bertz CT molecular complexity index is 854. The molecule has 0 aliphatic carbocycles. The number of aryl methyl sites for hydroxylation is 3. The fourth-order valence-electron chi connectivity index (χ4n) is 3.39. The molecule has 0 aliphatic heterocycles. The van der Waals surface area contributed by atoms with E-state index in [2.05, 4.69) is 17.4 Å². The van der Waals surface area contributed by atoms with Gasteiger partial charge < -0.3 is 19.7 Å². The largest absolute Gasteiger partial charge is 0.493 e. The lowest BCUT2D eigenvalue weighted by atomic mass is 10.0. The van der Waals surface area contributed by atoms with E-state index in [1.807, 2.05) is 20.8 Å². The van der Waals surface area contributed by atoms with Crippen LogP contribution >= 0.6 is 0 Å². The van der Waals surface area contributed by atoms with Gasteiger partial charge in [-0.3, -0.25) is 9.59 Å². The van der Waals surface area contributed by atoms with Crippen LogP contribution in [0.2, 0.25) is 0 Å². The Balaban J connectivity index is 2.10. The standard InChI is InChI=1S/C22H28N2O4/c1-14-11-15(2)21(16(3)12-14)24(17(4)25)10-9-23-22(26)18-7-8-19(27-5)20(13-18)28-6/h7-8,11-13H,9-10H2,1-6H3,(H,23,26). The summed E-state index contributed by atoms with van der Waals surface area (Å²) in [5.41, 5.74) is 4.61. The summed E-state index contributed by atoms with van der Waals surface area (Å²) in [6, 6.07) is 9.11. The van der Waals surface area contributed by atoms with Crippen molar-refractivity contribution in [1.82, 2.24) is 5.32 Å². The number of nitrogens with zero attached hydrogens (tertiary/aromatic N) is 1. The van der Waals surface area contributed by atoms with Crippen molar-refractivity contribution in [3.05, 3.63) is 52.6 Å². The molecule has 28 heavy (non-hydrogen) atoms. The number of nitrogens with one attached hydrogen (secondary N) is 1. The number of amides is 2. The van der Waals surface area contributed by atoms with E-state index in [1.165, 1.54) is 14.0 Å². The summed E-state index contributed by atoms with van der Waals surface area (Å²) in [5, 5.41) is 2.86. The molecule has 0 atom stereocenters. The molecule has 2 aromatic rings. The van der Waals surface area contributed by atoms with E-state index in [0.717, 1.165) is 22.4 Å². The molecule has 0 spiro atoms. The Morgan fingerprint density at radius 3 is 2.11 bits per heavy atom. The molecule has 0 radical (unpaired) electrons. The van der Waals surface area contributed by atoms with E-state index in [0.29, 0.717) is 30.2 Å². The molecule has 6 heteroatoms. The first-order valence-corrected chi connectivity index (χ1v) is 9.14. The van der Waals surface area contributed by atoms with Gasteiger partial charge in [0.1, 0.15) is 0 Å². The normalized spacial score (nSPS) is 10.4. The van der Waals surface area contributed by atoms with Crippen LogP contribution in [0.3, 0.4) is 0 Å². The van der Waals surface area contributed by atoms with Gasteiger partial charge in [-0.1, -0.05) is 17.7 Å². The molecule has 0 unspecified atom stereocenters. The molecule has 0 saturated heterocycles. The number of carbonyl (C=O) groups is 2. The van der Waals surface area contributed by atoms with Crippen LogP contribution in [-0.4, -0.2) is 39.1 Å². The maximum Gasteiger partial charge on any atom is 0.251 e. The summed E-state index contributed by atoms with van der Waals surface area (Å²) in [6.07, 6.45) is 0. The monoisotopic (exact) mass is 384 g/mol. The molecule has 0 aliphatic rings. The van der Waals surface area contributed by atoms with E-state index >= 15 is 0 Å². The van der Waals surface area contributed by atoms with E-state index in [-0.39, 0.29) is 11.8 Å². The lowest BCUT2D eigenvalue weighted by molar-refractivity contribution is -0.116. The van der Waals surface area contributed by atoms with Crippen molar-refractivity contribution in [2.24, 2.45) is 0 Å². The highest BCUT2D eigenvalue weighted by Gasteiger charge is 2.17. The maximum absolute atomic E-state index is 12.5. The van der Waals surface area contributed by atoms with Gasteiger partial charge in [0.25, 0.3) is 5.91 Å². The predicted molar refractivity (Wildman–Crippen MR) is 111 cm³/mol. The molecule has 0 aromatic heterocycles. The van der Waals surface area contributed by atoms with Gasteiger partial charge >= 0.3 is 0 Å². The zero-order valence-electron chi connectivity index (χ0n) is 17.4. The highest BCUT2D eigenvalue weighted by Crippen LogP contribution is 2.28. The minimum atomic E-state index is -0.234. The molecule has 0 fully saturated rings. The van der Waals surface area contributed by atoms with Gasteiger partial charge in [0.2, 0.25) is 5.91 Å². The zero-order valence-corrected chi connectivity index (χ0v) is 17.4. The fraction of sp³-hybridized carbons (Fsp3) is 0.364. The summed E-state index contributed by atoms with van der Waals surface area (Å²) < 4.78 is 10.4. The maximum atomic E-state index is 12.5. The Kier molecular flexibility index (Phi) is 7.04. The summed E-state index contributed by atoms with van der Waals surface area (Å²) in [5.74, 6) is 0.760. The molecule has 0 bridgehead atoms. The lowest BCUT2D eigenvalue weighted by Gasteiger charge is -2.25. The fourth-order valence-corrected chi connectivity index (χ4v) is 3.39. The number of benzene rings is 2. The number of anilines is 1. The molecular weight excluding hydrogens is 356 g/mol. The van der Waals surface area contributed by atoms with Crippen LogP contribution in [0.5, 0.6) is 11.5 Å². The van der Waals surface area contributed by atoms with Crippen LogP contribution in [0.1, 0.15) is 34.0 Å². The van der Waals surface area contributed by atoms with Crippen molar-refractivity contribution in [1.29, 1.82) is 0 Å². The van der Waals surface area contributed by atoms with Gasteiger partial charge in [-0.05, 0) is 50.1 Å². The topological polar surface area (TPSA) is 67.9 Å². The van der Waals surface area contributed by atoms with Crippen LogP contribution < -0.4 is 19.7 Å². The van der Waals surface area contributed by atoms with Crippen molar-refractivity contribution in [2.75, 3.05) is 32.2 Å². The zero-order chi connectivity index (χ0) is 20.8. The first kappa shape index (κ1) is 21.3. The number of methoxy groups -OCH3 is 2. The molecule has 0 heterocycles. The van der Waals surface area contributed by atoms with Gasteiger partial charge in [-0.15, -0.1) is 0 Å². The third-order valence-electron chi connectivity index (χ3n) is 4.55. The minimum Gasteiger partial charge on any atom is -0.493 e. The van der Waals surface area contributed by atoms with Gasteiger partial charge in [-0.2, -0.15) is 0 Å². The van der Waals surface area contributed by atoms with Crippen molar-refractivity contribution < 1.29 is 19.1 Å². The van der Waals surface area contributed by atoms with Gasteiger partial charge in [0.05, 0.1) is 14.2 Å². The van der Waals surface area contributed by atoms with Crippen LogP contribution in [0.25, 0.3) is 0 Å². The predicted octanol–water partition coefficient (Wildman–Crippen LogP) is 3.41. The van der Waals surface area contributed by atoms with Crippen LogP contribution in [-0.2, 0) is 4.79 Å². The lowest BCUT2D eigenvalue weighted by Crippen LogP contribution is -2.38. The number of rotatable bonds is 7. The third kappa shape index (κ3) is 4.82. The van der Waals surface area contributed by atoms with E-state index in [9.17, 15) is 9.59 Å². The Morgan fingerprint density at radius 2 is 1.57 bits per heavy atom. The molecule has 0 saturated carbocycles. The van der Waals surface area contributed by atoms with E-state index < -0.39 is 0 Å². The average Bonchev–Trinajstić information content (AvgIpc) is 2.64. The Morgan fingerprint density at radius 1 is 0.964 bits per heavy atom. The van der Waals surface area contributed by atoms with Crippen LogP contribution in [0, 0.1) is 20.8 Å². The molecule has 6 nitrogen and oxygen atoms in total. The number of ether oxygens (including phenoxy) is 2. The summed E-state index contributed by atoms with van der Waals surface area (Å²) in [6.45, 7) is 8.28. The van der Waals surface area contributed by atoms with Crippen molar-refractivity contribution in [3.63, 3.8) is 0 Å². The van der Waals surface area contributed by atoms with Crippen molar-refractivity contribution in [2.45, 2.75) is 27.7 Å². The second-order valence-corrected chi connectivity index (χ2v) is 6.74. The summed E-state index contributed by atoms with van der Waals surface area (Å²) in [4.78, 5) is 26.4. The quantitative estimate of drug-likeness (QED) is 0.794. The van der Waals surface area contributed by atoms with Gasteiger partial charge in [-0.25, -0.2) is 0 Å². The summed E-state index contributed by atoms with van der Waals surface area (Å²) in [7, 11) is 3.07.